The SMILES string of the molecule is Cc1cnc(COC2CCCC(N)C2)c(C)c1[N+](=O)[O-]. The van der Waals surface area contributed by atoms with E-state index in [1.807, 2.05) is 0 Å². The van der Waals surface area contributed by atoms with Crippen LogP contribution in [0.1, 0.15) is 42.5 Å². The van der Waals surface area contributed by atoms with Gasteiger partial charge in [-0.25, -0.2) is 0 Å². The predicted molar refractivity (Wildman–Crippen MR) is 75.4 cm³/mol. The summed E-state index contributed by atoms with van der Waals surface area (Å²) < 4.78 is 5.83. The molecule has 6 nitrogen and oxygen atoms in total. The van der Waals surface area contributed by atoms with E-state index in [1.165, 1.54) is 6.20 Å². The van der Waals surface area contributed by atoms with Gasteiger partial charge < -0.3 is 10.5 Å². The van der Waals surface area contributed by atoms with Gasteiger partial charge in [-0.1, -0.05) is 0 Å². The van der Waals surface area contributed by atoms with E-state index in [-0.39, 0.29) is 22.8 Å². The lowest BCUT2D eigenvalue weighted by atomic mass is 9.93. The van der Waals surface area contributed by atoms with Gasteiger partial charge in [0.15, 0.2) is 0 Å². The maximum Gasteiger partial charge on any atom is 0.278 e. The minimum atomic E-state index is -0.355. The molecule has 0 amide bonds. The van der Waals surface area contributed by atoms with Gasteiger partial charge in [-0.05, 0) is 39.5 Å². The van der Waals surface area contributed by atoms with E-state index in [9.17, 15) is 10.1 Å². The van der Waals surface area contributed by atoms with Crippen LogP contribution < -0.4 is 5.73 Å². The van der Waals surface area contributed by atoms with Crippen LogP contribution in [-0.2, 0) is 11.3 Å². The highest BCUT2D eigenvalue weighted by atomic mass is 16.6. The molecular weight excluding hydrogens is 258 g/mol. The molecule has 1 heterocycles. The van der Waals surface area contributed by atoms with Crippen LogP contribution in [0.25, 0.3) is 0 Å². The van der Waals surface area contributed by atoms with Crippen molar-refractivity contribution >= 4 is 5.69 Å². The molecule has 0 aliphatic heterocycles. The average Bonchev–Trinajstić information content (AvgIpc) is 2.37. The maximum atomic E-state index is 11.1. The highest BCUT2D eigenvalue weighted by Crippen LogP contribution is 2.26. The number of nitrogens with zero attached hydrogens (tertiary/aromatic N) is 2. The molecular formula is C14H21N3O3. The Hall–Kier alpha value is -1.53. The number of pyridine rings is 1. The van der Waals surface area contributed by atoms with Crippen LogP contribution in [0.2, 0.25) is 0 Å². The molecule has 1 aromatic rings. The van der Waals surface area contributed by atoms with Crippen molar-refractivity contribution in [3.63, 3.8) is 0 Å². The molecule has 0 spiro atoms. The lowest BCUT2D eigenvalue weighted by molar-refractivity contribution is -0.386. The van der Waals surface area contributed by atoms with E-state index in [2.05, 4.69) is 4.98 Å². The van der Waals surface area contributed by atoms with Gasteiger partial charge in [-0.2, -0.15) is 0 Å². The smallest absolute Gasteiger partial charge is 0.278 e. The fourth-order valence-corrected chi connectivity index (χ4v) is 2.72. The zero-order valence-corrected chi connectivity index (χ0v) is 12.0. The van der Waals surface area contributed by atoms with Gasteiger partial charge in [-0.3, -0.25) is 15.1 Å². The molecule has 6 heteroatoms. The number of rotatable bonds is 4. The van der Waals surface area contributed by atoms with Gasteiger partial charge in [0, 0.05) is 17.8 Å². The molecule has 0 radical (unpaired) electrons. The van der Waals surface area contributed by atoms with Crippen LogP contribution in [0.4, 0.5) is 5.69 Å². The third kappa shape index (κ3) is 3.32. The van der Waals surface area contributed by atoms with Crippen LogP contribution in [-0.4, -0.2) is 22.1 Å². The Morgan fingerprint density at radius 3 is 2.90 bits per heavy atom. The second-order valence-corrected chi connectivity index (χ2v) is 5.48. The third-order valence-corrected chi connectivity index (χ3v) is 3.88. The van der Waals surface area contributed by atoms with Gasteiger partial charge in [0.2, 0.25) is 0 Å². The molecule has 0 saturated heterocycles. The molecule has 110 valence electrons. The third-order valence-electron chi connectivity index (χ3n) is 3.88. The summed E-state index contributed by atoms with van der Waals surface area (Å²) in [4.78, 5) is 15.0. The Morgan fingerprint density at radius 1 is 1.50 bits per heavy atom. The quantitative estimate of drug-likeness (QED) is 0.675. The number of hydrogen-bond donors (Lipinski definition) is 1. The summed E-state index contributed by atoms with van der Waals surface area (Å²) in [6.07, 6.45) is 5.66. The summed E-state index contributed by atoms with van der Waals surface area (Å²) in [5, 5.41) is 11.1. The van der Waals surface area contributed by atoms with Gasteiger partial charge in [-0.15, -0.1) is 0 Å². The van der Waals surface area contributed by atoms with Crippen LogP contribution in [0, 0.1) is 24.0 Å². The van der Waals surface area contributed by atoms with Crippen molar-refractivity contribution in [3.05, 3.63) is 33.1 Å². The van der Waals surface area contributed by atoms with Crippen molar-refractivity contribution in [1.29, 1.82) is 0 Å². The minimum Gasteiger partial charge on any atom is -0.372 e. The number of aryl methyl sites for hydroxylation is 1. The Morgan fingerprint density at radius 2 is 2.25 bits per heavy atom. The average molecular weight is 279 g/mol. The van der Waals surface area contributed by atoms with E-state index < -0.39 is 0 Å². The second-order valence-electron chi connectivity index (χ2n) is 5.48. The van der Waals surface area contributed by atoms with Crippen molar-refractivity contribution in [2.24, 2.45) is 5.73 Å². The Balaban J connectivity index is 2.06. The molecule has 2 N–H and O–H groups in total. The summed E-state index contributed by atoms with van der Waals surface area (Å²) in [5.41, 5.74) is 7.87. The molecule has 2 atom stereocenters. The fraction of sp³-hybridized carbons (Fsp3) is 0.643. The first-order valence-electron chi connectivity index (χ1n) is 6.95. The molecule has 1 aliphatic carbocycles. The van der Waals surface area contributed by atoms with Crippen molar-refractivity contribution < 1.29 is 9.66 Å². The van der Waals surface area contributed by atoms with Gasteiger partial charge in [0.1, 0.15) is 0 Å². The first-order chi connectivity index (χ1) is 9.49. The molecule has 0 bridgehead atoms. The Labute approximate surface area is 118 Å². The van der Waals surface area contributed by atoms with Crippen molar-refractivity contribution in [1.82, 2.24) is 4.98 Å². The molecule has 2 rings (SSSR count). The normalized spacial score (nSPS) is 22.8. The monoisotopic (exact) mass is 279 g/mol. The van der Waals surface area contributed by atoms with Gasteiger partial charge in [0.25, 0.3) is 5.69 Å². The van der Waals surface area contributed by atoms with E-state index in [0.29, 0.717) is 23.4 Å². The minimum absolute atomic E-state index is 0.138. The zero-order valence-electron chi connectivity index (χ0n) is 12.0. The first-order valence-corrected chi connectivity index (χ1v) is 6.95. The van der Waals surface area contributed by atoms with E-state index in [0.717, 1.165) is 25.7 Å². The highest BCUT2D eigenvalue weighted by Gasteiger charge is 2.22. The maximum absolute atomic E-state index is 11.1. The van der Waals surface area contributed by atoms with Crippen LogP contribution >= 0.6 is 0 Å². The molecule has 20 heavy (non-hydrogen) atoms. The van der Waals surface area contributed by atoms with Gasteiger partial charge >= 0.3 is 0 Å². The standard InChI is InChI=1S/C14H21N3O3/c1-9-7-16-13(10(2)14(9)17(18)19)8-20-12-5-3-4-11(15)6-12/h7,11-12H,3-6,8,15H2,1-2H3. The van der Waals surface area contributed by atoms with Crippen molar-refractivity contribution in [3.8, 4) is 0 Å². The zero-order chi connectivity index (χ0) is 14.7. The van der Waals surface area contributed by atoms with Crippen molar-refractivity contribution in [2.45, 2.75) is 58.3 Å². The molecule has 0 aromatic carbocycles. The molecule has 1 aliphatic rings. The first kappa shape index (κ1) is 14.9. The summed E-state index contributed by atoms with van der Waals surface area (Å²) in [6.45, 7) is 3.73. The second kappa shape index (κ2) is 6.28. The van der Waals surface area contributed by atoms with Crippen LogP contribution in [0.5, 0.6) is 0 Å². The van der Waals surface area contributed by atoms with E-state index >= 15 is 0 Å². The number of nitro groups is 1. The summed E-state index contributed by atoms with van der Waals surface area (Å²) in [6, 6.07) is 0.204. The number of hydrogen-bond acceptors (Lipinski definition) is 5. The fourth-order valence-electron chi connectivity index (χ4n) is 2.72. The Bertz CT molecular complexity index is 505. The van der Waals surface area contributed by atoms with Crippen LogP contribution in [0.3, 0.4) is 0 Å². The molecule has 1 fully saturated rings. The lowest BCUT2D eigenvalue weighted by Gasteiger charge is -2.26. The largest absolute Gasteiger partial charge is 0.372 e. The number of nitrogens with two attached hydrogens (primary N) is 1. The number of ether oxygens (including phenoxy) is 1. The van der Waals surface area contributed by atoms with Gasteiger partial charge in [0.05, 0.1) is 28.9 Å². The highest BCUT2D eigenvalue weighted by molar-refractivity contribution is 5.47. The summed E-state index contributed by atoms with van der Waals surface area (Å²) in [7, 11) is 0. The predicted octanol–water partition coefficient (Wildman–Crippen LogP) is 2.39. The van der Waals surface area contributed by atoms with Crippen molar-refractivity contribution in [2.75, 3.05) is 0 Å². The molecule has 1 aromatic heterocycles. The van der Waals surface area contributed by atoms with Crippen LogP contribution in [0.15, 0.2) is 6.20 Å². The summed E-state index contributed by atoms with van der Waals surface area (Å²) >= 11 is 0. The lowest BCUT2D eigenvalue weighted by Crippen LogP contribution is -2.32. The molecule has 2 unspecified atom stereocenters. The van der Waals surface area contributed by atoms with E-state index in [4.69, 9.17) is 10.5 Å². The molecule has 1 saturated carbocycles. The summed E-state index contributed by atoms with van der Waals surface area (Å²) in [5.74, 6) is 0. The number of aromatic nitrogens is 1. The van der Waals surface area contributed by atoms with E-state index in [1.54, 1.807) is 13.8 Å². The Kier molecular flexibility index (Phi) is 4.67. The topological polar surface area (TPSA) is 91.3 Å².